The fraction of sp³-hybridized carbons (Fsp3) is 0.222. The number of hydrogen-bond donors (Lipinski definition) is 0. The van der Waals surface area contributed by atoms with Crippen molar-refractivity contribution in [3.05, 3.63) is 39.7 Å². The van der Waals surface area contributed by atoms with Crippen LogP contribution in [-0.4, -0.2) is 10.7 Å². The lowest BCUT2D eigenvalue weighted by Gasteiger charge is -2.06. The van der Waals surface area contributed by atoms with Crippen LogP contribution in [0.25, 0.3) is 0 Å². The number of nitrogens with zero attached hydrogens (tertiary/aromatic N) is 1. The van der Waals surface area contributed by atoms with E-state index < -0.39 is 21.3 Å². The van der Waals surface area contributed by atoms with E-state index in [2.05, 4.69) is 15.9 Å². The second-order valence-electron chi connectivity index (χ2n) is 2.91. The number of ketones is 1. The van der Waals surface area contributed by atoms with E-state index in [1.165, 1.54) is 19.1 Å². The Hall–Kier alpha value is -1.30. The lowest BCUT2D eigenvalue weighted by atomic mass is 10.1. The highest BCUT2D eigenvalue weighted by Crippen LogP contribution is 2.33. The van der Waals surface area contributed by atoms with Crippen LogP contribution in [0.3, 0.4) is 0 Å². The second-order valence-corrected chi connectivity index (χ2v) is 3.82. The topological polar surface area (TPSA) is 60.2 Å². The van der Waals surface area contributed by atoms with Crippen molar-refractivity contribution >= 4 is 27.4 Å². The summed E-state index contributed by atoms with van der Waals surface area (Å²) >= 11 is 2.98. The van der Waals surface area contributed by atoms with Gasteiger partial charge in [-0.05, 0) is 13.0 Å². The van der Waals surface area contributed by atoms with Crippen LogP contribution in [0.2, 0.25) is 0 Å². The molecular weight excluding hydrogens is 269 g/mol. The molecule has 0 aromatic heterocycles. The van der Waals surface area contributed by atoms with Gasteiger partial charge < -0.3 is 0 Å². The quantitative estimate of drug-likeness (QED) is 0.484. The number of carbonyl (C=O) groups excluding carboxylic acids is 1. The first-order valence-electron chi connectivity index (χ1n) is 4.02. The van der Waals surface area contributed by atoms with Crippen LogP contribution in [0.5, 0.6) is 0 Å². The van der Waals surface area contributed by atoms with Gasteiger partial charge in [0, 0.05) is 0 Å². The molecule has 15 heavy (non-hydrogen) atoms. The minimum Gasteiger partial charge on any atom is -0.298 e. The van der Waals surface area contributed by atoms with Gasteiger partial charge in [-0.1, -0.05) is 28.1 Å². The zero-order valence-electron chi connectivity index (χ0n) is 7.74. The third-order valence-electron chi connectivity index (χ3n) is 1.83. The molecule has 6 heteroatoms. The number of halogens is 2. The summed E-state index contributed by atoms with van der Waals surface area (Å²) in [7, 11) is 0. The lowest BCUT2D eigenvalue weighted by molar-refractivity contribution is -0.388. The smallest absolute Gasteiger partial charge is 0.298 e. The number of para-hydroxylation sites is 1. The highest BCUT2D eigenvalue weighted by Gasteiger charge is 2.26. The number of Topliss-reactive ketones (excluding diaryl/α,β-unsaturated/α-hetero) is 1. The fourth-order valence-corrected chi connectivity index (χ4v) is 1.52. The first-order valence-corrected chi connectivity index (χ1v) is 4.94. The first kappa shape index (κ1) is 11.8. The molecule has 0 saturated carbocycles. The third kappa shape index (κ3) is 2.38. The number of nitro groups is 1. The molecule has 1 aromatic rings. The van der Waals surface area contributed by atoms with Crippen LogP contribution in [0.15, 0.2) is 18.2 Å². The van der Waals surface area contributed by atoms with Crippen LogP contribution in [-0.2, 0) is 4.79 Å². The Labute approximate surface area is 93.4 Å². The van der Waals surface area contributed by atoms with E-state index >= 15 is 0 Å². The Balaban J connectivity index is 3.35. The number of hydrogen-bond acceptors (Lipinski definition) is 3. The molecule has 0 aliphatic carbocycles. The van der Waals surface area contributed by atoms with Crippen molar-refractivity contribution in [2.24, 2.45) is 0 Å². The van der Waals surface area contributed by atoms with Gasteiger partial charge in [-0.2, -0.15) is 4.39 Å². The van der Waals surface area contributed by atoms with Crippen LogP contribution in [0, 0.1) is 15.9 Å². The molecule has 0 aliphatic rings. The fourth-order valence-electron chi connectivity index (χ4n) is 1.15. The molecule has 0 aliphatic heterocycles. The zero-order valence-corrected chi connectivity index (χ0v) is 9.32. The van der Waals surface area contributed by atoms with Gasteiger partial charge >= 0.3 is 5.69 Å². The average molecular weight is 276 g/mol. The van der Waals surface area contributed by atoms with Crippen LogP contribution in [0.4, 0.5) is 10.1 Å². The maximum Gasteiger partial charge on any atom is 0.309 e. The van der Waals surface area contributed by atoms with Crippen LogP contribution in [0.1, 0.15) is 17.3 Å². The second kappa shape index (κ2) is 4.48. The number of rotatable bonds is 3. The average Bonchev–Trinajstić information content (AvgIpc) is 2.15. The van der Waals surface area contributed by atoms with E-state index in [4.69, 9.17) is 0 Å². The molecule has 1 rings (SSSR count). The van der Waals surface area contributed by atoms with Gasteiger partial charge in [0.2, 0.25) is 5.82 Å². The Morgan fingerprint density at radius 2 is 2.20 bits per heavy atom. The predicted molar refractivity (Wildman–Crippen MR) is 55.4 cm³/mol. The third-order valence-corrected chi connectivity index (χ3v) is 2.97. The molecule has 1 unspecified atom stereocenters. The summed E-state index contributed by atoms with van der Waals surface area (Å²) in [6, 6.07) is 3.67. The van der Waals surface area contributed by atoms with Gasteiger partial charge in [-0.3, -0.25) is 14.9 Å². The van der Waals surface area contributed by atoms with Crippen molar-refractivity contribution in [3.63, 3.8) is 0 Å². The van der Waals surface area contributed by atoms with E-state index in [1.54, 1.807) is 0 Å². The monoisotopic (exact) mass is 275 g/mol. The van der Waals surface area contributed by atoms with Crippen LogP contribution < -0.4 is 0 Å². The zero-order chi connectivity index (χ0) is 11.6. The highest BCUT2D eigenvalue weighted by molar-refractivity contribution is 9.09. The summed E-state index contributed by atoms with van der Waals surface area (Å²) in [5, 5.41) is 10.6. The maximum absolute atomic E-state index is 13.2. The Kier molecular flexibility index (Phi) is 3.52. The van der Waals surface area contributed by atoms with Gasteiger partial charge in [0.1, 0.15) is 10.6 Å². The molecule has 0 spiro atoms. The van der Waals surface area contributed by atoms with Gasteiger partial charge in [0.05, 0.1) is 10.5 Å². The summed E-state index contributed by atoms with van der Waals surface area (Å²) in [4.78, 5) is 20.0. The van der Waals surface area contributed by atoms with Crippen molar-refractivity contribution in [2.45, 2.75) is 11.8 Å². The summed E-state index contributed by atoms with van der Waals surface area (Å²) < 4.78 is 13.2. The van der Waals surface area contributed by atoms with Crippen molar-refractivity contribution in [2.75, 3.05) is 0 Å². The van der Waals surface area contributed by atoms with E-state index in [1.807, 2.05) is 0 Å². The molecule has 0 bridgehead atoms. The summed E-state index contributed by atoms with van der Waals surface area (Å²) in [6.45, 7) is 1.27. The van der Waals surface area contributed by atoms with E-state index in [9.17, 15) is 19.3 Å². The SMILES string of the molecule is CC(=O)C(Br)c1cccc(F)c1[N+](=O)[O-]. The lowest BCUT2D eigenvalue weighted by Crippen LogP contribution is -2.06. The normalized spacial score (nSPS) is 12.2. The van der Waals surface area contributed by atoms with Gasteiger partial charge in [0.15, 0.2) is 0 Å². The van der Waals surface area contributed by atoms with Crippen molar-refractivity contribution < 1.29 is 14.1 Å². The Bertz CT molecular complexity index is 422. The molecule has 0 saturated heterocycles. The van der Waals surface area contributed by atoms with Crippen molar-refractivity contribution in [3.8, 4) is 0 Å². The minimum absolute atomic E-state index is 0.0347. The number of carbonyl (C=O) groups is 1. The van der Waals surface area contributed by atoms with Gasteiger partial charge in [-0.15, -0.1) is 0 Å². The molecule has 0 radical (unpaired) electrons. The molecule has 0 fully saturated rings. The first-order chi connectivity index (χ1) is 6.95. The molecule has 0 heterocycles. The molecule has 1 atom stereocenters. The van der Waals surface area contributed by atoms with Gasteiger partial charge in [-0.25, -0.2) is 0 Å². The van der Waals surface area contributed by atoms with Crippen LogP contribution >= 0.6 is 15.9 Å². The van der Waals surface area contributed by atoms with Crippen molar-refractivity contribution in [1.29, 1.82) is 0 Å². The number of nitro benzene ring substituents is 1. The molecular formula is C9H7BrFNO3. The Morgan fingerprint density at radius 1 is 1.60 bits per heavy atom. The molecule has 0 amide bonds. The maximum atomic E-state index is 13.2. The minimum atomic E-state index is -0.941. The van der Waals surface area contributed by atoms with E-state index in [-0.39, 0.29) is 11.3 Å². The molecule has 1 aromatic carbocycles. The van der Waals surface area contributed by atoms with Gasteiger partial charge in [0.25, 0.3) is 0 Å². The summed E-state index contributed by atoms with van der Waals surface area (Å²) in [5.41, 5.74) is -0.623. The highest BCUT2D eigenvalue weighted by atomic mass is 79.9. The number of alkyl halides is 1. The van der Waals surface area contributed by atoms with E-state index in [0.29, 0.717) is 0 Å². The predicted octanol–water partition coefficient (Wildman–Crippen LogP) is 2.76. The van der Waals surface area contributed by atoms with E-state index in [0.717, 1.165) is 6.07 Å². The summed E-state index contributed by atoms with van der Waals surface area (Å²) in [5.74, 6) is -1.26. The molecule has 80 valence electrons. The molecule has 4 nitrogen and oxygen atoms in total. The van der Waals surface area contributed by atoms with Crippen molar-refractivity contribution in [1.82, 2.24) is 0 Å². The summed E-state index contributed by atoms with van der Waals surface area (Å²) in [6.07, 6.45) is 0. The largest absolute Gasteiger partial charge is 0.309 e. The molecule has 0 N–H and O–H groups in total. The standard InChI is InChI=1S/C9H7BrFNO3/c1-5(13)8(10)6-3-2-4-7(11)9(6)12(14)15/h2-4,8H,1H3. The Morgan fingerprint density at radius 3 is 2.67 bits per heavy atom. The number of benzene rings is 1.